The molecule has 3 aromatic heterocycles. The number of rotatable bonds is 4. The number of fused-ring (bicyclic) bond motifs is 1. The molecule has 8 heteroatoms. The highest BCUT2D eigenvalue weighted by Gasteiger charge is 2.23. The second-order valence-electron chi connectivity index (χ2n) is 7.33. The van der Waals surface area contributed by atoms with Crippen molar-refractivity contribution in [2.75, 3.05) is 7.11 Å². The molecular weight excluding hydrogens is 474 g/mol. The average molecular weight is 492 g/mol. The van der Waals surface area contributed by atoms with Gasteiger partial charge in [0.15, 0.2) is 5.76 Å². The lowest BCUT2D eigenvalue weighted by atomic mass is 10.1. The van der Waals surface area contributed by atoms with Gasteiger partial charge in [-0.25, -0.2) is 4.98 Å². The standard InChI is InChI=1S/C24H18BrN3O4/c1-12-9-19(29)22(30)23(32-12)21-20(13-3-6-15(31-2)7-4-13)27-24(28-21)17-11-26-18-8-5-14(25)10-16(17)18/h3-11,26,30H,1-2H3,(H,27,28). The fraction of sp³-hybridized carbons (Fsp3) is 0.0833. The van der Waals surface area contributed by atoms with Crippen LogP contribution in [0.15, 0.2) is 68.4 Å². The Balaban J connectivity index is 1.77. The summed E-state index contributed by atoms with van der Waals surface area (Å²) in [5, 5.41) is 11.5. The predicted octanol–water partition coefficient (Wildman–Crippen LogP) is 5.63. The molecule has 2 aromatic carbocycles. The predicted molar refractivity (Wildman–Crippen MR) is 126 cm³/mol. The largest absolute Gasteiger partial charge is 0.501 e. The average Bonchev–Trinajstić information content (AvgIpc) is 3.40. The first-order chi connectivity index (χ1) is 15.4. The van der Waals surface area contributed by atoms with Crippen molar-refractivity contribution in [2.24, 2.45) is 0 Å². The molecule has 5 rings (SSSR count). The van der Waals surface area contributed by atoms with Gasteiger partial charge in [0.2, 0.25) is 11.2 Å². The van der Waals surface area contributed by atoms with Gasteiger partial charge < -0.3 is 24.2 Å². The van der Waals surface area contributed by atoms with E-state index >= 15 is 0 Å². The van der Waals surface area contributed by atoms with Crippen LogP contribution in [-0.4, -0.2) is 27.2 Å². The van der Waals surface area contributed by atoms with Crippen LogP contribution in [0.2, 0.25) is 0 Å². The van der Waals surface area contributed by atoms with Gasteiger partial charge in [0.25, 0.3) is 0 Å². The SMILES string of the molecule is COc1ccc(-c2nc(-c3c[nH]c4ccc(Br)cc34)[nH]c2-c2oc(C)cc(=O)c2O)cc1. The normalized spacial score (nSPS) is 11.2. The molecule has 0 unspecified atom stereocenters. The summed E-state index contributed by atoms with van der Waals surface area (Å²) in [6.07, 6.45) is 1.86. The van der Waals surface area contributed by atoms with Gasteiger partial charge in [-0.1, -0.05) is 15.9 Å². The van der Waals surface area contributed by atoms with Crippen LogP contribution in [0.25, 0.3) is 45.0 Å². The number of methoxy groups -OCH3 is 1. The Morgan fingerprint density at radius 2 is 1.91 bits per heavy atom. The quantitative estimate of drug-likeness (QED) is 0.302. The topological polar surface area (TPSA) is 104 Å². The molecule has 0 aliphatic carbocycles. The minimum absolute atomic E-state index is 0.0422. The summed E-state index contributed by atoms with van der Waals surface area (Å²) in [4.78, 5) is 23.6. The molecule has 0 radical (unpaired) electrons. The second kappa shape index (κ2) is 7.72. The lowest BCUT2D eigenvalue weighted by molar-refractivity contribution is 0.415. The molecule has 0 saturated carbocycles. The van der Waals surface area contributed by atoms with Gasteiger partial charge in [0, 0.05) is 38.8 Å². The van der Waals surface area contributed by atoms with Crippen LogP contribution in [0.3, 0.4) is 0 Å². The number of nitrogens with one attached hydrogen (secondary N) is 2. The molecule has 0 aliphatic rings. The minimum Gasteiger partial charge on any atom is -0.501 e. The summed E-state index contributed by atoms with van der Waals surface area (Å²) >= 11 is 3.52. The number of imidazole rings is 1. The van der Waals surface area contributed by atoms with E-state index in [2.05, 4.69) is 25.9 Å². The van der Waals surface area contributed by atoms with Crippen molar-refractivity contribution < 1.29 is 14.3 Å². The van der Waals surface area contributed by atoms with Gasteiger partial charge >= 0.3 is 0 Å². The molecule has 5 aromatic rings. The number of ether oxygens (including phenoxy) is 1. The van der Waals surface area contributed by atoms with E-state index < -0.39 is 11.2 Å². The summed E-state index contributed by atoms with van der Waals surface area (Å²) in [5.41, 5.74) is 3.00. The van der Waals surface area contributed by atoms with Crippen molar-refractivity contribution >= 4 is 26.8 Å². The summed E-state index contributed by atoms with van der Waals surface area (Å²) in [6, 6.07) is 14.5. The Bertz CT molecular complexity index is 1510. The number of hydrogen-bond acceptors (Lipinski definition) is 5. The van der Waals surface area contributed by atoms with E-state index in [1.54, 1.807) is 14.0 Å². The fourth-order valence-electron chi connectivity index (χ4n) is 3.68. The third kappa shape index (κ3) is 3.38. The maximum absolute atomic E-state index is 12.2. The molecule has 7 nitrogen and oxygen atoms in total. The van der Waals surface area contributed by atoms with E-state index in [0.717, 1.165) is 26.5 Å². The van der Waals surface area contributed by atoms with Crippen molar-refractivity contribution in [1.29, 1.82) is 0 Å². The van der Waals surface area contributed by atoms with Crippen molar-refractivity contribution in [3.8, 4) is 45.6 Å². The summed E-state index contributed by atoms with van der Waals surface area (Å²) in [5.74, 6) is 1.23. The molecule has 0 amide bonds. The summed E-state index contributed by atoms with van der Waals surface area (Å²) < 4.78 is 12.0. The van der Waals surface area contributed by atoms with Crippen LogP contribution < -0.4 is 10.2 Å². The smallest absolute Gasteiger partial charge is 0.227 e. The monoisotopic (exact) mass is 491 g/mol. The van der Waals surface area contributed by atoms with E-state index in [0.29, 0.717) is 28.7 Å². The first kappa shape index (κ1) is 20.1. The first-order valence-electron chi connectivity index (χ1n) is 9.80. The fourth-order valence-corrected chi connectivity index (χ4v) is 4.05. The Labute approximate surface area is 190 Å². The molecule has 0 saturated heterocycles. The number of hydrogen-bond donors (Lipinski definition) is 3. The van der Waals surface area contributed by atoms with E-state index in [9.17, 15) is 9.90 Å². The number of aryl methyl sites for hydroxylation is 1. The number of halogens is 1. The zero-order chi connectivity index (χ0) is 22.4. The molecule has 32 heavy (non-hydrogen) atoms. The maximum atomic E-state index is 12.2. The molecule has 0 fully saturated rings. The van der Waals surface area contributed by atoms with Crippen LogP contribution >= 0.6 is 15.9 Å². The third-order valence-electron chi connectivity index (χ3n) is 5.24. The highest BCUT2D eigenvalue weighted by Crippen LogP contribution is 2.38. The highest BCUT2D eigenvalue weighted by molar-refractivity contribution is 9.10. The molecule has 160 valence electrons. The van der Waals surface area contributed by atoms with Gasteiger partial charge in [-0.05, 0) is 49.4 Å². The van der Waals surface area contributed by atoms with E-state index in [1.165, 1.54) is 6.07 Å². The van der Waals surface area contributed by atoms with E-state index in [4.69, 9.17) is 14.1 Å². The van der Waals surface area contributed by atoms with Gasteiger partial charge in [-0.3, -0.25) is 4.79 Å². The van der Waals surface area contributed by atoms with E-state index in [1.807, 2.05) is 48.7 Å². The number of nitrogens with zero attached hydrogens (tertiary/aromatic N) is 1. The Hall–Kier alpha value is -3.78. The lowest BCUT2D eigenvalue weighted by Crippen LogP contribution is -2.01. The zero-order valence-corrected chi connectivity index (χ0v) is 18.8. The maximum Gasteiger partial charge on any atom is 0.227 e. The Kier molecular flexibility index (Phi) is 4.86. The molecule has 0 bridgehead atoms. The molecule has 0 spiro atoms. The lowest BCUT2D eigenvalue weighted by Gasteiger charge is -2.06. The number of aromatic hydroxyl groups is 1. The second-order valence-corrected chi connectivity index (χ2v) is 8.24. The molecule has 3 heterocycles. The number of H-pyrrole nitrogens is 2. The molecule has 0 aliphatic heterocycles. The Morgan fingerprint density at radius 3 is 2.66 bits per heavy atom. The van der Waals surface area contributed by atoms with Crippen LogP contribution in [0.5, 0.6) is 11.5 Å². The van der Waals surface area contributed by atoms with Crippen molar-refractivity contribution in [1.82, 2.24) is 15.0 Å². The van der Waals surface area contributed by atoms with Crippen LogP contribution in [0, 0.1) is 6.92 Å². The summed E-state index contributed by atoms with van der Waals surface area (Å²) in [6.45, 7) is 1.66. The van der Waals surface area contributed by atoms with Crippen LogP contribution in [0.4, 0.5) is 0 Å². The zero-order valence-electron chi connectivity index (χ0n) is 17.2. The third-order valence-corrected chi connectivity index (χ3v) is 5.73. The van der Waals surface area contributed by atoms with Crippen molar-refractivity contribution in [3.63, 3.8) is 0 Å². The minimum atomic E-state index is -0.517. The van der Waals surface area contributed by atoms with Gasteiger partial charge in [0.1, 0.15) is 28.7 Å². The summed E-state index contributed by atoms with van der Waals surface area (Å²) in [7, 11) is 1.60. The number of aromatic amines is 2. The molecule has 0 atom stereocenters. The molecule has 3 N–H and O–H groups in total. The molecular formula is C24H18BrN3O4. The van der Waals surface area contributed by atoms with Gasteiger partial charge in [-0.2, -0.15) is 0 Å². The van der Waals surface area contributed by atoms with Crippen LogP contribution in [-0.2, 0) is 0 Å². The van der Waals surface area contributed by atoms with E-state index in [-0.39, 0.29) is 5.76 Å². The van der Waals surface area contributed by atoms with Gasteiger partial charge in [-0.15, -0.1) is 0 Å². The Morgan fingerprint density at radius 1 is 1.12 bits per heavy atom. The van der Waals surface area contributed by atoms with Gasteiger partial charge in [0.05, 0.1) is 7.11 Å². The van der Waals surface area contributed by atoms with Crippen LogP contribution in [0.1, 0.15) is 5.76 Å². The van der Waals surface area contributed by atoms with Crippen molar-refractivity contribution in [3.05, 3.63) is 75.2 Å². The number of benzene rings is 2. The highest BCUT2D eigenvalue weighted by atomic mass is 79.9. The number of aromatic nitrogens is 3. The first-order valence-corrected chi connectivity index (χ1v) is 10.6. The van der Waals surface area contributed by atoms with Crippen molar-refractivity contribution in [2.45, 2.75) is 6.92 Å².